The van der Waals surface area contributed by atoms with Gasteiger partial charge in [-0.25, -0.2) is 4.98 Å². The Labute approximate surface area is 127 Å². The fraction of sp³-hybridized carbons (Fsp3) is 0.188. The van der Waals surface area contributed by atoms with E-state index in [2.05, 4.69) is 47.6 Å². The fourth-order valence-corrected chi connectivity index (χ4v) is 3.19. The third-order valence-corrected chi connectivity index (χ3v) is 4.37. The molecule has 0 aliphatic rings. The Morgan fingerprint density at radius 1 is 1.15 bits per heavy atom. The molecule has 1 aromatic heterocycles. The number of fused-ring (bicyclic) bond motifs is 1. The highest BCUT2D eigenvalue weighted by atomic mass is 35.5. The van der Waals surface area contributed by atoms with Crippen LogP contribution in [0.2, 0.25) is 5.02 Å². The zero-order valence-corrected chi connectivity index (χ0v) is 12.8. The van der Waals surface area contributed by atoms with E-state index in [9.17, 15) is 0 Å². The first kappa shape index (κ1) is 13.4. The number of hydrogen-bond acceptors (Lipinski definition) is 3. The van der Waals surface area contributed by atoms with Gasteiger partial charge in [-0.2, -0.15) is 0 Å². The van der Waals surface area contributed by atoms with Crippen molar-refractivity contribution in [1.82, 2.24) is 4.98 Å². The van der Waals surface area contributed by atoms with Gasteiger partial charge in [0.25, 0.3) is 0 Å². The largest absolute Gasteiger partial charge is 0.361 e. The van der Waals surface area contributed by atoms with E-state index in [0.717, 1.165) is 28.6 Å². The molecule has 2 nitrogen and oxygen atoms in total. The van der Waals surface area contributed by atoms with Crippen LogP contribution in [0.3, 0.4) is 0 Å². The van der Waals surface area contributed by atoms with Crippen molar-refractivity contribution in [3.63, 3.8) is 0 Å². The summed E-state index contributed by atoms with van der Waals surface area (Å²) in [5, 5.41) is 5.16. The van der Waals surface area contributed by atoms with Crippen LogP contribution in [0.5, 0.6) is 0 Å². The third kappa shape index (κ3) is 3.11. The van der Waals surface area contributed by atoms with Crippen LogP contribution in [-0.2, 0) is 6.42 Å². The first-order valence-electron chi connectivity index (χ1n) is 6.56. The topological polar surface area (TPSA) is 24.9 Å². The number of aromatic nitrogens is 1. The smallest absolute Gasteiger partial charge is 0.183 e. The standard InChI is InChI=1S/C16H15ClN2S/c1-11-2-7-14-15(10-11)20-16(19-14)18-9-8-12-3-5-13(17)6-4-12/h2-7,10H,8-9H2,1H3,(H,18,19). The summed E-state index contributed by atoms with van der Waals surface area (Å²) in [6.45, 7) is 2.98. The molecular weight excluding hydrogens is 288 g/mol. The summed E-state index contributed by atoms with van der Waals surface area (Å²) in [7, 11) is 0. The zero-order chi connectivity index (χ0) is 13.9. The van der Waals surface area contributed by atoms with Gasteiger partial charge in [0.05, 0.1) is 10.2 Å². The van der Waals surface area contributed by atoms with Crippen LogP contribution in [0, 0.1) is 6.92 Å². The highest BCUT2D eigenvalue weighted by molar-refractivity contribution is 7.22. The zero-order valence-electron chi connectivity index (χ0n) is 11.2. The molecule has 20 heavy (non-hydrogen) atoms. The summed E-state index contributed by atoms with van der Waals surface area (Å²) in [6, 6.07) is 14.3. The van der Waals surface area contributed by atoms with E-state index in [1.807, 2.05) is 12.1 Å². The van der Waals surface area contributed by atoms with Gasteiger partial charge in [-0.1, -0.05) is 41.1 Å². The lowest BCUT2D eigenvalue weighted by Gasteiger charge is -2.02. The molecule has 0 radical (unpaired) electrons. The van der Waals surface area contributed by atoms with Gasteiger partial charge in [-0.05, 0) is 48.7 Å². The van der Waals surface area contributed by atoms with E-state index in [4.69, 9.17) is 11.6 Å². The molecule has 0 aliphatic heterocycles. The van der Waals surface area contributed by atoms with Gasteiger partial charge in [0.1, 0.15) is 0 Å². The molecule has 0 aliphatic carbocycles. The highest BCUT2D eigenvalue weighted by Gasteiger charge is 2.03. The van der Waals surface area contributed by atoms with Crippen molar-refractivity contribution in [3.05, 3.63) is 58.6 Å². The summed E-state index contributed by atoms with van der Waals surface area (Å²) >= 11 is 7.58. The van der Waals surface area contributed by atoms with Gasteiger partial charge in [-0.15, -0.1) is 0 Å². The molecule has 4 heteroatoms. The van der Waals surface area contributed by atoms with Crippen LogP contribution in [-0.4, -0.2) is 11.5 Å². The van der Waals surface area contributed by atoms with E-state index >= 15 is 0 Å². The molecule has 1 heterocycles. The second kappa shape index (κ2) is 5.81. The first-order chi connectivity index (χ1) is 9.70. The SMILES string of the molecule is Cc1ccc2nc(NCCc3ccc(Cl)cc3)sc2c1. The molecule has 3 aromatic rings. The van der Waals surface area contributed by atoms with Crippen molar-refractivity contribution in [2.75, 3.05) is 11.9 Å². The summed E-state index contributed by atoms with van der Waals surface area (Å²) in [6.07, 6.45) is 0.964. The lowest BCUT2D eigenvalue weighted by Crippen LogP contribution is -2.04. The van der Waals surface area contributed by atoms with E-state index in [-0.39, 0.29) is 0 Å². The van der Waals surface area contributed by atoms with Crippen molar-refractivity contribution in [1.29, 1.82) is 0 Å². The Morgan fingerprint density at radius 2 is 1.95 bits per heavy atom. The van der Waals surface area contributed by atoms with Crippen LogP contribution in [0.25, 0.3) is 10.2 Å². The summed E-state index contributed by atoms with van der Waals surface area (Å²) in [5.74, 6) is 0. The predicted octanol–water partition coefficient (Wildman–Crippen LogP) is 4.91. The van der Waals surface area contributed by atoms with E-state index in [0.29, 0.717) is 0 Å². The summed E-state index contributed by atoms with van der Waals surface area (Å²) in [5.41, 5.74) is 3.61. The van der Waals surface area contributed by atoms with Gasteiger partial charge in [0.15, 0.2) is 5.13 Å². The Bertz CT molecular complexity index is 719. The number of thiazole rings is 1. The monoisotopic (exact) mass is 302 g/mol. The first-order valence-corrected chi connectivity index (χ1v) is 7.76. The molecular formula is C16H15ClN2S. The third-order valence-electron chi connectivity index (χ3n) is 3.15. The second-order valence-electron chi connectivity index (χ2n) is 4.79. The number of nitrogens with zero attached hydrogens (tertiary/aromatic N) is 1. The quantitative estimate of drug-likeness (QED) is 0.740. The lowest BCUT2D eigenvalue weighted by atomic mass is 10.1. The van der Waals surface area contributed by atoms with Crippen LogP contribution < -0.4 is 5.32 Å². The average Bonchev–Trinajstić information content (AvgIpc) is 2.83. The lowest BCUT2D eigenvalue weighted by molar-refractivity contribution is 1.02. The number of halogens is 1. The molecule has 0 saturated carbocycles. The van der Waals surface area contributed by atoms with Crippen LogP contribution in [0.1, 0.15) is 11.1 Å². The molecule has 102 valence electrons. The van der Waals surface area contributed by atoms with Crippen molar-refractivity contribution in [2.24, 2.45) is 0 Å². The number of benzene rings is 2. The van der Waals surface area contributed by atoms with Gasteiger partial charge in [0, 0.05) is 11.6 Å². The van der Waals surface area contributed by atoms with Crippen molar-refractivity contribution in [2.45, 2.75) is 13.3 Å². The molecule has 0 unspecified atom stereocenters. The van der Waals surface area contributed by atoms with Crippen LogP contribution in [0.4, 0.5) is 5.13 Å². The molecule has 3 rings (SSSR count). The van der Waals surface area contributed by atoms with Gasteiger partial charge in [-0.3, -0.25) is 0 Å². The maximum Gasteiger partial charge on any atom is 0.183 e. The predicted molar refractivity (Wildman–Crippen MR) is 88.0 cm³/mol. The molecule has 0 bridgehead atoms. The van der Waals surface area contributed by atoms with Crippen molar-refractivity contribution < 1.29 is 0 Å². The molecule has 0 spiro atoms. The molecule has 0 atom stereocenters. The number of anilines is 1. The molecule has 0 fully saturated rings. The molecule has 0 saturated heterocycles. The van der Waals surface area contributed by atoms with Gasteiger partial charge in [0.2, 0.25) is 0 Å². The Hall–Kier alpha value is -1.58. The second-order valence-corrected chi connectivity index (χ2v) is 6.26. The van der Waals surface area contributed by atoms with Crippen LogP contribution in [0.15, 0.2) is 42.5 Å². The van der Waals surface area contributed by atoms with E-state index < -0.39 is 0 Å². The minimum Gasteiger partial charge on any atom is -0.361 e. The van der Waals surface area contributed by atoms with Gasteiger partial charge >= 0.3 is 0 Å². The van der Waals surface area contributed by atoms with Crippen molar-refractivity contribution >= 4 is 38.3 Å². The minimum atomic E-state index is 0.781. The number of hydrogen-bond donors (Lipinski definition) is 1. The normalized spacial score (nSPS) is 10.9. The number of rotatable bonds is 4. The Morgan fingerprint density at radius 3 is 2.75 bits per heavy atom. The van der Waals surface area contributed by atoms with Crippen molar-refractivity contribution in [3.8, 4) is 0 Å². The van der Waals surface area contributed by atoms with E-state index in [1.54, 1.807) is 11.3 Å². The van der Waals surface area contributed by atoms with Gasteiger partial charge < -0.3 is 5.32 Å². The highest BCUT2D eigenvalue weighted by Crippen LogP contribution is 2.26. The molecule has 1 N–H and O–H groups in total. The van der Waals surface area contributed by atoms with Crippen LogP contribution >= 0.6 is 22.9 Å². The fourth-order valence-electron chi connectivity index (χ4n) is 2.07. The average molecular weight is 303 g/mol. The number of aryl methyl sites for hydroxylation is 1. The Kier molecular flexibility index (Phi) is 3.90. The maximum absolute atomic E-state index is 5.88. The summed E-state index contributed by atoms with van der Waals surface area (Å²) in [4.78, 5) is 4.59. The molecule has 0 amide bonds. The Balaban J connectivity index is 1.63. The molecule has 2 aromatic carbocycles. The number of nitrogens with one attached hydrogen (secondary N) is 1. The van der Waals surface area contributed by atoms with E-state index in [1.165, 1.54) is 15.8 Å². The maximum atomic E-state index is 5.88. The minimum absolute atomic E-state index is 0.781. The summed E-state index contributed by atoms with van der Waals surface area (Å²) < 4.78 is 1.24.